The van der Waals surface area contributed by atoms with Crippen LogP contribution < -0.4 is 0 Å². The third-order valence-corrected chi connectivity index (χ3v) is 5.35. The molecule has 90 valence electrons. The lowest BCUT2D eigenvalue weighted by Crippen LogP contribution is -2.47. The van der Waals surface area contributed by atoms with Crippen molar-refractivity contribution in [2.45, 2.75) is 13.8 Å². The summed E-state index contributed by atoms with van der Waals surface area (Å²) in [4.78, 5) is 0. The van der Waals surface area contributed by atoms with E-state index in [4.69, 9.17) is 4.74 Å². The monoisotopic (exact) mass is 250 g/mol. The van der Waals surface area contributed by atoms with Gasteiger partial charge in [0.25, 0.3) is 0 Å². The Hall–Kier alpha value is 0.620. The molecule has 0 radical (unpaired) electrons. The molecule has 0 aromatic carbocycles. The van der Waals surface area contributed by atoms with Gasteiger partial charge in [-0.05, 0) is 11.7 Å². The molecule has 0 aliphatic carbocycles. The second-order valence-electron chi connectivity index (χ2n) is 4.67. The van der Waals surface area contributed by atoms with Crippen molar-refractivity contribution in [1.82, 2.24) is 0 Å². The molecule has 1 rings (SSSR count). The Bertz CT molecular complexity index is 164. The molecule has 4 heteroatoms. The molecule has 1 heterocycles. The van der Waals surface area contributed by atoms with Gasteiger partial charge in [0.2, 0.25) is 0 Å². The lowest BCUT2D eigenvalue weighted by atomic mass is 9.90. The smallest absolute Gasteiger partial charge is 0.0575 e. The molecule has 0 unspecified atom stereocenters. The van der Waals surface area contributed by atoms with Crippen LogP contribution in [-0.2, 0) is 4.74 Å². The van der Waals surface area contributed by atoms with Crippen molar-refractivity contribution in [3.63, 3.8) is 0 Å². The first-order chi connectivity index (χ1) is 7.18. The van der Waals surface area contributed by atoms with Crippen LogP contribution in [0.1, 0.15) is 13.8 Å². The first-order valence-electron chi connectivity index (χ1n) is 5.53. The zero-order valence-electron chi connectivity index (χ0n) is 9.70. The number of rotatable bonds is 8. The average molecular weight is 250 g/mol. The predicted molar refractivity (Wildman–Crippen MR) is 69.8 cm³/mol. The quantitative estimate of drug-likeness (QED) is 0.668. The summed E-state index contributed by atoms with van der Waals surface area (Å²) >= 11 is 3.98. The maximum atomic E-state index is 9.21. The fourth-order valence-corrected chi connectivity index (χ4v) is 3.75. The minimum absolute atomic E-state index is 0.0907. The van der Waals surface area contributed by atoms with Gasteiger partial charge in [0, 0.05) is 22.7 Å². The molecule has 0 amide bonds. The van der Waals surface area contributed by atoms with Crippen LogP contribution in [0.25, 0.3) is 0 Å². The maximum absolute atomic E-state index is 9.21. The van der Waals surface area contributed by atoms with E-state index in [1.165, 1.54) is 17.3 Å². The summed E-state index contributed by atoms with van der Waals surface area (Å²) < 4.78 is 5.16. The van der Waals surface area contributed by atoms with Crippen LogP contribution in [0.3, 0.4) is 0 Å². The van der Waals surface area contributed by atoms with Crippen LogP contribution in [-0.4, -0.2) is 47.9 Å². The molecule has 2 nitrogen and oxygen atoms in total. The van der Waals surface area contributed by atoms with E-state index in [-0.39, 0.29) is 12.0 Å². The number of hydrogen-bond acceptors (Lipinski definition) is 4. The third kappa shape index (κ3) is 4.98. The summed E-state index contributed by atoms with van der Waals surface area (Å²) in [5.41, 5.74) is 0.0907. The van der Waals surface area contributed by atoms with Gasteiger partial charge in [-0.3, -0.25) is 0 Å². The number of aliphatic hydroxyl groups is 1. The van der Waals surface area contributed by atoms with Crippen molar-refractivity contribution in [2.75, 3.05) is 42.8 Å². The lowest BCUT2D eigenvalue weighted by molar-refractivity contribution is -0.121. The fraction of sp³-hybridized carbons (Fsp3) is 1.00. The highest BCUT2D eigenvalue weighted by atomic mass is 32.2. The lowest BCUT2D eigenvalue weighted by Gasteiger charge is -2.39. The predicted octanol–water partition coefficient (Wildman–Crippen LogP) is 2.12. The van der Waals surface area contributed by atoms with Crippen molar-refractivity contribution >= 4 is 23.5 Å². The molecular weight excluding hydrogens is 228 g/mol. The van der Waals surface area contributed by atoms with Gasteiger partial charge in [0.1, 0.15) is 0 Å². The fourth-order valence-electron chi connectivity index (χ4n) is 1.34. The van der Waals surface area contributed by atoms with E-state index in [1.807, 2.05) is 23.5 Å². The summed E-state index contributed by atoms with van der Waals surface area (Å²) in [5, 5.41) is 9.21. The number of ether oxygens (including phenoxy) is 1. The Kier molecular flexibility index (Phi) is 6.43. The van der Waals surface area contributed by atoms with E-state index in [0.29, 0.717) is 0 Å². The molecule has 15 heavy (non-hydrogen) atoms. The van der Waals surface area contributed by atoms with Gasteiger partial charge in [-0.2, -0.15) is 23.5 Å². The number of thioether (sulfide) groups is 2. The molecule has 0 bridgehead atoms. The van der Waals surface area contributed by atoms with Crippen molar-refractivity contribution in [3.05, 3.63) is 0 Å². The van der Waals surface area contributed by atoms with Crippen molar-refractivity contribution in [1.29, 1.82) is 0 Å². The number of aliphatic hydroxyl groups excluding tert-OH is 1. The van der Waals surface area contributed by atoms with Crippen LogP contribution in [0.15, 0.2) is 0 Å². The minimum atomic E-state index is 0.0907. The van der Waals surface area contributed by atoms with Crippen LogP contribution in [0.5, 0.6) is 0 Å². The summed E-state index contributed by atoms with van der Waals surface area (Å²) in [5.74, 6) is 5.52. The van der Waals surface area contributed by atoms with Gasteiger partial charge >= 0.3 is 0 Å². The Morgan fingerprint density at radius 2 is 1.93 bits per heavy atom. The van der Waals surface area contributed by atoms with E-state index < -0.39 is 0 Å². The van der Waals surface area contributed by atoms with Crippen LogP contribution >= 0.6 is 23.5 Å². The summed E-state index contributed by atoms with van der Waals surface area (Å²) in [7, 11) is 0. The molecule has 1 aliphatic rings. The highest BCUT2D eigenvalue weighted by molar-refractivity contribution is 8.02. The highest BCUT2D eigenvalue weighted by Crippen LogP contribution is 2.31. The van der Waals surface area contributed by atoms with E-state index in [1.54, 1.807) is 0 Å². The molecule has 0 atom stereocenters. The highest BCUT2D eigenvalue weighted by Gasteiger charge is 2.37. The van der Waals surface area contributed by atoms with Gasteiger partial charge in [0.15, 0.2) is 0 Å². The van der Waals surface area contributed by atoms with Gasteiger partial charge in [-0.1, -0.05) is 13.8 Å². The molecule has 0 aromatic heterocycles. The standard InChI is InChI=1S/C11H22O2S2/c1-10(2)5-14-3-4-15-9-11(6-12)7-13-8-11/h10,12H,3-9H2,1-2H3. The SMILES string of the molecule is CC(C)CSCCSCC1(CO)COC1. The largest absolute Gasteiger partial charge is 0.396 e. The van der Waals surface area contributed by atoms with Gasteiger partial charge in [-0.15, -0.1) is 0 Å². The molecule has 1 saturated heterocycles. The van der Waals surface area contributed by atoms with Crippen molar-refractivity contribution in [3.8, 4) is 0 Å². The maximum Gasteiger partial charge on any atom is 0.0575 e. The Balaban J connectivity index is 1.92. The third-order valence-electron chi connectivity index (χ3n) is 2.38. The van der Waals surface area contributed by atoms with Gasteiger partial charge in [0.05, 0.1) is 19.8 Å². The molecule has 1 aliphatic heterocycles. The van der Waals surface area contributed by atoms with Gasteiger partial charge in [-0.25, -0.2) is 0 Å². The molecule has 0 spiro atoms. The molecule has 1 fully saturated rings. The van der Waals surface area contributed by atoms with Crippen LogP contribution in [0, 0.1) is 11.3 Å². The normalized spacial score (nSPS) is 19.2. The number of hydrogen-bond donors (Lipinski definition) is 1. The average Bonchev–Trinajstić information content (AvgIpc) is 2.14. The Labute approximate surface area is 102 Å². The van der Waals surface area contributed by atoms with E-state index in [0.717, 1.165) is 24.9 Å². The van der Waals surface area contributed by atoms with Gasteiger partial charge < -0.3 is 9.84 Å². The van der Waals surface area contributed by atoms with Crippen LogP contribution in [0.4, 0.5) is 0 Å². The first-order valence-corrected chi connectivity index (χ1v) is 7.83. The molecule has 1 N–H and O–H groups in total. The summed E-state index contributed by atoms with van der Waals surface area (Å²) in [6.45, 7) is 6.28. The zero-order chi connectivity index (χ0) is 11.1. The van der Waals surface area contributed by atoms with E-state index in [2.05, 4.69) is 13.8 Å². The topological polar surface area (TPSA) is 29.5 Å². The van der Waals surface area contributed by atoms with Crippen molar-refractivity contribution < 1.29 is 9.84 Å². The second kappa shape index (κ2) is 7.05. The summed E-state index contributed by atoms with van der Waals surface area (Å²) in [6.07, 6.45) is 0. The second-order valence-corrected chi connectivity index (χ2v) is 6.93. The van der Waals surface area contributed by atoms with Crippen LogP contribution in [0.2, 0.25) is 0 Å². The molecule has 0 aromatic rings. The Morgan fingerprint density at radius 3 is 2.40 bits per heavy atom. The molecular formula is C11H22O2S2. The molecule has 0 saturated carbocycles. The van der Waals surface area contributed by atoms with E-state index >= 15 is 0 Å². The van der Waals surface area contributed by atoms with E-state index in [9.17, 15) is 5.11 Å². The minimum Gasteiger partial charge on any atom is -0.396 e. The van der Waals surface area contributed by atoms with Crippen molar-refractivity contribution in [2.24, 2.45) is 11.3 Å². The Morgan fingerprint density at radius 1 is 1.27 bits per heavy atom. The first kappa shape index (κ1) is 13.7. The zero-order valence-corrected chi connectivity index (χ0v) is 11.3. The summed E-state index contributed by atoms with van der Waals surface area (Å²) in [6, 6.07) is 0.